The van der Waals surface area contributed by atoms with E-state index in [4.69, 9.17) is 9.47 Å². The molecule has 3 aromatic carbocycles. The number of halogens is 1. The lowest BCUT2D eigenvalue weighted by atomic mass is 10.2. The van der Waals surface area contributed by atoms with Crippen molar-refractivity contribution in [1.82, 2.24) is 0 Å². The van der Waals surface area contributed by atoms with Crippen LogP contribution in [-0.4, -0.2) is 27.5 Å². The molecular weight excluding hydrogens is 496 g/mol. The summed E-state index contributed by atoms with van der Waals surface area (Å²) in [5.74, 6) is 0.658. The summed E-state index contributed by atoms with van der Waals surface area (Å²) >= 11 is 3.31. The molecule has 7 nitrogen and oxygen atoms in total. The summed E-state index contributed by atoms with van der Waals surface area (Å²) in [5.41, 5.74) is 0.907. The van der Waals surface area contributed by atoms with Gasteiger partial charge in [0.2, 0.25) is 0 Å². The highest BCUT2D eigenvalue weighted by molar-refractivity contribution is 9.10. The van der Waals surface area contributed by atoms with E-state index >= 15 is 0 Å². The minimum atomic E-state index is -3.76. The van der Waals surface area contributed by atoms with Crippen molar-refractivity contribution < 1.29 is 22.7 Å². The number of anilines is 2. The van der Waals surface area contributed by atoms with Crippen molar-refractivity contribution in [3.63, 3.8) is 0 Å². The summed E-state index contributed by atoms with van der Waals surface area (Å²) in [6.45, 7) is 1.84. The molecule has 0 saturated heterocycles. The Kier molecular flexibility index (Phi) is 7.76. The SMILES string of the molecule is CC[C@H](Oc1ccccc1OC)C(=O)Nc1ccc(S(=O)(=O)Nc2ccc(Br)cc2)cc1. The number of hydrogen-bond acceptors (Lipinski definition) is 5. The number of benzene rings is 3. The number of carbonyl (C=O) groups is 1. The van der Waals surface area contributed by atoms with Gasteiger partial charge in [-0.3, -0.25) is 9.52 Å². The summed E-state index contributed by atoms with van der Waals surface area (Å²) in [5, 5.41) is 2.76. The molecule has 2 N–H and O–H groups in total. The number of ether oxygens (including phenoxy) is 2. The van der Waals surface area contributed by atoms with Crippen molar-refractivity contribution in [2.24, 2.45) is 0 Å². The summed E-state index contributed by atoms with van der Waals surface area (Å²) < 4.78 is 39.6. The number of carbonyl (C=O) groups excluding carboxylic acids is 1. The minimum absolute atomic E-state index is 0.0794. The Morgan fingerprint density at radius 1 is 0.938 bits per heavy atom. The molecule has 0 aliphatic heterocycles. The Balaban J connectivity index is 1.67. The Labute approximate surface area is 195 Å². The fourth-order valence-corrected chi connectivity index (χ4v) is 4.19. The molecule has 0 aliphatic carbocycles. The molecular formula is C23H23BrN2O5S. The first-order chi connectivity index (χ1) is 15.3. The van der Waals surface area contributed by atoms with Gasteiger partial charge in [0, 0.05) is 15.8 Å². The molecule has 0 fully saturated rings. The summed E-state index contributed by atoms with van der Waals surface area (Å²) in [6, 6.07) is 19.8. The number of hydrogen-bond donors (Lipinski definition) is 2. The Bertz CT molecular complexity index is 1170. The molecule has 0 radical (unpaired) electrons. The lowest BCUT2D eigenvalue weighted by Gasteiger charge is -2.19. The second-order valence-electron chi connectivity index (χ2n) is 6.79. The second kappa shape index (κ2) is 10.5. The largest absolute Gasteiger partial charge is 0.493 e. The lowest BCUT2D eigenvalue weighted by molar-refractivity contribution is -0.122. The molecule has 1 amide bonds. The van der Waals surface area contributed by atoms with Crippen LogP contribution in [0.2, 0.25) is 0 Å². The van der Waals surface area contributed by atoms with Gasteiger partial charge in [0.15, 0.2) is 17.6 Å². The predicted octanol–water partition coefficient (Wildman–Crippen LogP) is 5.05. The molecule has 0 heterocycles. The first-order valence-corrected chi connectivity index (χ1v) is 12.1. The van der Waals surface area contributed by atoms with Crippen molar-refractivity contribution in [2.75, 3.05) is 17.1 Å². The number of sulfonamides is 1. The van der Waals surface area contributed by atoms with Gasteiger partial charge in [-0.25, -0.2) is 8.42 Å². The third-order valence-electron chi connectivity index (χ3n) is 4.53. The van der Waals surface area contributed by atoms with Gasteiger partial charge in [0.05, 0.1) is 12.0 Å². The number of amides is 1. The first-order valence-electron chi connectivity index (χ1n) is 9.81. The Hall–Kier alpha value is -3.04. The van der Waals surface area contributed by atoms with Crippen LogP contribution in [0, 0.1) is 0 Å². The molecule has 168 valence electrons. The van der Waals surface area contributed by atoms with E-state index < -0.39 is 16.1 Å². The van der Waals surface area contributed by atoms with Crippen molar-refractivity contribution in [1.29, 1.82) is 0 Å². The maximum Gasteiger partial charge on any atom is 0.265 e. The molecule has 0 aromatic heterocycles. The third-order valence-corrected chi connectivity index (χ3v) is 6.46. The molecule has 0 saturated carbocycles. The molecule has 3 aromatic rings. The number of nitrogens with one attached hydrogen (secondary N) is 2. The van der Waals surface area contributed by atoms with Crippen LogP contribution < -0.4 is 19.5 Å². The number of rotatable bonds is 9. The van der Waals surface area contributed by atoms with Gasteiger partial charge in [0.1, 0.15) is 0 Å². The summed E-state index contributed by atoms with van der Waals surface area (Å²) in [4.78, 5) is 12.8. The lowest BCUT2D eigenvalue weighted by Crippen LogP contribution is -2.32. The van der Waals surface area contributed by atoms with Gasteiger partial charge in [0.25, 0.3) is 15.9 Å². The fraction of sp³-hybridized carbons (Fsp3) is 0.174. The Morgan fingerprint density at radius 3 is 2.12 bits per heavy atom. The van der Waals surface area contributed by atoms with E-state index in [0.29, 0.717) is 29.3 Å². The van der Waals surface area contributed by atoms with Crippen LogP contribution >= 0.6 is 15.9 Å². The zero-order valence-electron chi connectivity index (χ0n) is 17.5. The van der Waals surface area contributed by atoms with E-state index in [1.54, 1.807) is 42.5 Å². The maximum atomic E-state index is 12.7. The van der Waals surface area contributed by atoms with E-state index in [1.807, 2.05) is 13.0 Å². The molecule has 0 spiro atoms. The molecule has 1 atom stereocenters. The van der Waals surface area contributed by atoms with Crippen LogP contribution in [0.4, 0.5) is 11.4 Å². The summed E-state index contributed by atoms with van der Waals surface area (Å²) in [7, 11) is -2.23. The molecule has 32 heavy (non-hydrogen) atoms. The van der Waals surface area contributed by atoms with E-state index in [9.17, 15) is 13.2 Å². The monoisotopic (exact) mass is 518 g/mol. The van der Waals surface area contributed by atoms with Crippen molar-refractivity contribution in [3.05, 3.63) is 77.3 Å². The zero-order chi connectivity index (χ0) is 23.1. The van der Waals surface area contributed by atoms with E-state index in [2.05, 4.69) is 26.0 Å². The quantitative estimate of drug-likeness (QED) is 0.413. The molecule has 0 bridgehead atoms. The van der Waals surface area contributed by atoms with Crippen LogP contribution in [0.3, 0.4) is 0 Å². The predicted molar refractivity (Wildman–Crippen MR) is 128 cm³/mol. The molecule has 9 heteroatoms. The minimum Gasteiger partial charge on any atom is -0.493 e. The van der Waals surface area contributed by atoms with E-state index in [-0.39, 0.29) is 10.8 Å². The normalized spacial score (nSPS) is 12.0. The number of methoxy groups -OCH3 is 1. The van der Waals surface area contributed by atoms with Gasteiger partial charge < -0.3 is 14.8 Å². The fourth-order valence-electron chi connectivity index (χ4n) is 2.86. The highest BCUT2D eigenvalue weighted by Crippen LogP contribution is 2.28. The van der Waals surface area contributed by atoms with Gasteiger partial charge in [-0.05, 0) is 67.1 Å². The van der Waals surface area contributed by atoms with Gasteiger partial charge in [-0.1, -0.05) is 35.0 Å². The Morgan fingerprint density at radius 2 is 1.53 bits per heavy atom. The second-order valence-corrected chi connectivity index (χ2v) is 9.39. The maximum absolute atomic E-state index is 12.7. The standard InChI is InChI=1S/C23H23BrN2O5S/c1-3-20(31-22-7-5-4-6-21(22)30-2)23(27)25-17-12-14-19(15-13-17)32(28,29)26-18-10-8-16(24)9-11-18/h4-15,20,26H,3H2,1-2H3,(H,25,27)/t20-/m0/s1. The smallest absolute Gasteiger partial charge is 0.265 e. The number of para-hydroxylation sites is 2. The van der Waals surface area contributed by atoms with E-state index in [1.165, 1.54) is 31.4 Å². The van der Waals surface area contributed by atoms with Crippen LogP contribution in [0.5, 0.6) is 11.5 Å². The zero-order valence-corrected chi connectivity index (χ0v) is 19.9. The van der Waals surface area contributed by atoms with Gasteiger partial charge in [-0.15, -0.1) is 0 Å². The van der Waals surface area contributed by atoms with Crippen LogP contribution in [0.1, 0.15) is 13.3 Å². The molecule has 3 rings (SSSR count). The van der Waals surface area contributed by atoms with Gasteiger partial charge >= 0.3 is 0 Å². The van der Waals surface area contributed by atoms with Crippen molar-refractivity contribution in [2.45, 2.75) is 24.3 Å². The third kappa shape index (κ3) is 6.02. The topological polar surface area (TPSA) is 93.7 Å². The highest BCUT2D eigenvalue weighted by atomic mass is 79.9. The summed E-state index contributed by atoms with van der Waals surface area (Å²) in [6.07, 6.45) is -0.304. The van der Waals surface area contributed by atoms with Crippen molar-refractivity contribution in [3.8, 4) is 11.5 Å². The van der Waals surface area contributed by atoms with E-state index in [0.717, 1.165) is 4.47 Å². The van der Waals surface area contributed by atoms with Crippen LogP contribution in [0.15, 0.2) is 82.2 Å². The van der Waals surface area contributed by atoms with Crippen LogP contribution in [0.25, 0.3) is 0 Å². The average Bonchev–Trinajstić information content (AvgIpc) is 2.79. The first kappa shape index (κ1) is 23.6. The molecule has 0 aliphatic rings. The van der Waals surface area contributed by atoms with Gasteiger partial charge in [-0.2, -0.15) is 0 Å². The molecule has 0 unspecified atom stereocenters. The van der Waals surface area contributed by atoms with Crippen molar-refractivity contribution >= 4 is 43.2 Å². The average molecular weight is 519 g/mol. The van der Waals surface area contributed by atoms with Crippen LogP contribution in [-0.2, 0) is 14.8 Å². The highest BCUT2D eigenvalue weighted by Gasteiger charge is 2.21.